The Morgan fingerprint density at radius 3 is 2.06 bits per heavy atom. The monoisotopic (exact) mass is 428 g/mol. The van der Waals surface area contributed by atoms with Gasteiger partial charge in [0.1, 0.15) is 5.82 Å². The highest BCUT2D eigenvalue weighted by molar-refractivity contribution is 5.48. The molecule has 0 amide bonds. The molecule has 0 radical (unpaired) electrons. The fraction of sp³-hybridized carbons (Fsp3) is 0.600. The molecule has 2 aromatic rings. The minimum atomic E-state index is 0.191. The Morgan fingerprint density at radius 2 is 1.39 bits per heavy atom. The van der Waals surface area contributed by atoms with Gasteiger partial charge in [0.25, 0.3) is 0 Å². The Morgan fingerprint density at radius 1 is 0.774 bits per heavy atom. The van der Waals surface area contributed by atoms with Crippen LogP contribution in [0, 0.1) is 0 Å². The van der Waals surface area contributed by atoms with Crippen molar-refractivity contribution in [2.45, 2.75) is 84.5 Å². The van der Waals surface area contributed by atoms with Gasteiger partial charge in [-0.1, -0.05) is 71.3 Å². The molecule has 172 valence electrons. The molecule has 1 heterocycles. The van der Waals surface area contributed by atoms with Gasteiger partial charge in [-0.3, -0.25) is 0 Å². The highest BCUT2D eigenvalue weighted by Gasteiger charge is 2.10. The average Bonchev–Trinajstić information content (AvgIpc) is 2.76. The van der Waals surface area contributed by atoms with E-state index in [4.69, 9.17) is 20.9 Å². The Balaban J connectivity index is 1.98. The van der Waals surface area contributed by atoms with Crippen molar-refractivity contribution < 1.29 is 9.47 Å². The molecule has 2 rings (SSSR count). The molecule has 4 N–H and O–H groups in total. The lowest BCUT2D eigenvalue weighted by Gasteiger charge is -2.15. The minimum absolute atomic E-state index is 0.191. The summed E-state index contributed by atoms with van der Waals surface area (Å²) in [7, 11) is 0. The Hall–Kier alpha value is -2.50. The smallest absolute Gasteiger partial charge is 0.221 e. The van der Waals surface area contributed by atoms with E-state index in [-0.39, 0.29) is 5.95 Å². The zero-order valence-corrected chi connectivity index (χ0v) is 19.4. The topological polar surface area (TPSA) is 96.3 Å². The molecule has 0 saturated carbocycles. The zero-order valence-electron chi connectivity index (χ0n) is 19.4. The molecule has 0 unspecified atom stereocenters. The molecule has 0 aliphatic heterocycles. The van der Waals surface area contributed by atoms with Crippen molar-refractivity contribution in [2.75, 3.05) is 24.7 Å². The zero-order chi connectivity index (χ0) is 22.3. The number of hydrogen-bond acceptors (Lipinski definition) is 6. The van der Waals surface area contributed by atoms with Crippen molar-refractivity contribution >= 4 is 11.8 Å². The third-order valence-corrected chi connectivity index (χ3v) is 5.33. The van der Waals surface area contributed by atoms with E-state index in [2.05, 4.69) is 29.9 Å². The first-order valence-electron chi connectivity index (χ1n) is 11.9. The second kappa shape index (κ2) is 14.5. The summed E-state index contributed by atoms with van der Waals surface area (Å²) in [5.41, 5.74) is 13.5. The molecule has 0 spiro atoms. The number of nitrogens with two attached hydrogens (primary N) is 2. The summed E-state index contributed by atoms with van der Waals surface area (Å²) in [6.45, 7) is 5.87. The predicted molar refractivity (Wildman–Crippen MR) is 129 cm³/mol. The molecule has 0 aliphatic rings. The number of hydrogen-bond donors (Lipinski definition) is 2. The van der Waals surface area contributed by atoms with E-state index in [1.54, 1.807) is 6.20 Å². The first-order valence-corrected chi connectivity index (χ1v) is 11.9. The van der Waals surface area contributed by atoms with Crippen molar-refractivity contribution in [2.24, 2.45) is 0 Å². The maximum absolute atomic E-state index is 6.11. The van der Waals surface area contributed by atoms with Gasteiger partial charge < -0.3 is 20.9 Å². The summed E-state index contributed by atoms with van der Waals surface area (Å²) in [5.74, 6) is 2.22. The Bertz CT molecular complexity index is 767. The van der Waals surface area contributed by atoms with Gasteiger partial charge in [0.15, 0.2) is 11.5 Å². The molecule has 0 bridgehead atoms. The molecular weight excluding hydrogens is 388 g/mol. The molecule has 0 fully saturated rings. The highest BCUT2D eigenvalue weighted by atomic mass is 16.5. The summed E-state index contributed by atoms with van der Waals surface area (Å²) in [5, 5.41) is 0. The molecule has 31 heavy (non-hydrogen) atoms. The van der Waals surface area contributed by atoms with E-state index < -0.39 is 0 Å². The average molecular weight is 429 g/mol. The van der Waals surface area contributed by atoms with E-state index in [1.165, 1.54) is 51.4 Å². The van der Waals surface area contributed by atoms with Crippen LogP contribution >= 0.6 is 0 Å². The molecular formula is C25H40N4O2. The van der Waals surface area contributed by atoms with Crippen LogP contribution in [0.25, 0.3) is 0 Å². The van der Waals surface area contributed by atoms with Crippen LogP contribution in [0.1, 0.15) is 89.2 Å². The van der Waals surface area contributed by atoms with Crippen LogP contribution in [-0.4, -0.2) is 23.2 Å². The molecule has 0 saturated heterocycles. The standard InChI is InChI=1S/C25H40N4O2/c1-3-5-7-9-10-12-15-30-22-14-13-20(17-21-19-28-25(27)29-24(21)26)18-23(22)31-16-11-8-6-4-2/h13-14,18-19H,3-12,15-17H2,1-2H3,(H4,26,27,28,29). The van der Waals surface area contributed by atoms with Crippen molar-refractivity contribution in [3.63, 3.8) is 0 Å². The van der Waals surface area contributed by atoms with E-state index in [0.717, 1.165) is 42.1 Å². The van der Waals surface area contributed by atoms with Gasteiger partial charge in [0, 0.05) is 18.2 Å². The lowest BCUT2D eigenvalue weighted by molar-refractivity contribution is 0.258. The second-order valence-corrected chi connectivity index (χ2v) is 8.12. The molecule has 0 atom stereocenters. The van der Waals surface area contributed by atoms with E-state index >= 15 is 0 Å². The van der Waals surface area contributed by atoms with Gasteiger partial charge in [-0.15, -0.1) is 0 Å². The number of aromatic nitrogens is 2. The van der Waals surface area contributed by atoms with Crippen LogP contribution in [0.2, 0.25) is 0 Å². The van der Waals surface area contributed by atoms with Crippen molar-refractivity contribution in [3.05, 3.63) is 35.5 Å². The first kappa shape index (κ1) is 24.8. The van der Waals surface area contributed by atoms with Crippen LogP contribution in [-0.2, 0) is 6.42 Å². The minimum Gasteiger partial charge on any atom is -0.490 e. The lowest BCUT2D eigenvalue weighted by Crippen LogP contribution is -2.05. The first-order chi connectivity index (χ1) is 15.1. The summed E-state index contributed by atoms with van der Waals surface area (Å²) < 4.78 is 12.2. The molecule has 1 aromatic heterocycles. The van der Waals surface area contributed by atoms with Crippen molar-refractivity contribution in [1.82, 2.24) is 9.97 Å². The van der Waals surface area contributed by atoms with E-state index in [9.17, 15) is 0 Å². The van der Waals surface area contributed by atoms with Crippen LogP contribution in [0.15, 0.2) is 24.4 Å². The fourth-order valence-corrected chi connectivity index (χ4v) is 3.46. The van der Waals surface area contributed by atoms with Crippen molar-refractivity contribution in [1.29, 1.82) is 0 Å². The summed E-state index contributed by atoms with van der Waals surface area (Å²) >= 11 is 0. The highest BCUT2D eigenvalue weighted by Crippen LogP contribution is 2.30. The number of anilines is 2. The molecule has 1 aromatic carbocycles. The largest absolute Gasteiger partial charge is 0.490 e. The number of nitrogen functional groups attached to an aromatic ring is 2. The van der Waals surface area contributed by atoms with Gasteiger partial charge in [-0.25, -0.2) is 4.98 Å². The number of ether oxygens (including phenoxy) is 2. The van der Waals surface area contributed by atoms with Gasteiger partial charge >= 0.3 is 0 Å². The van der Waals surface area contributed by atoms with Crippen LogP contribution in [0.3, 0.4) is 0 Å². The van der Waals surface area contributed by atoms with Crippen LogP contribution < -0.4 is 20.9 Å². The Labute approximate surface area is 187 Å². The third kappa shape index (κ3) is 9.45. The predicted octanol–water partition coefficient (Wildman–Crippen LogP) is 5.93. The SMILES string of the molecule is CCCCCCCCOc1ccc(Cc2cnc(N)nc2N)cc1OCCCCCC. The third-order valence-electron chi connectivity index (χ3n) is 5.33. The maximum atomic E-state index is 6.11. The summed E-state index contributed by atoms with van der Waals surface area (Å²) in [6.07, 6.45) is 14.5. The number of unbranched alkanes of at least 4 members (excludes halogenated alkanes) is 8. The molecule has 0 aliphatic carbocycles. The lowest BCUT2D eigenvalue weighted by atomic mass is 10.1. The van der Waals surface area contributed by atoms with Crippen LogP contribution in [0.4, 0.5) is 11.8 Å². The van der Waals surface area contributed by atoms with E-state index in [1.807, 2.05) is 12.1 Å². The van der Waals surface area contributed by atoms with Crippen LogP contribution in [0.5, 0.6) is 11.5 Å². The van der Waals surface area contributed by atoms with Crippen molar-refractivity contribution in [3.8, 4) is 11.5 Å². The van der Waals surface area contributed by atoms with Gasteiger partial charge in [-0.2, -0.15) is 4.98 Å². The maximum Gasteiger partial charge on any atom is 0.221 e. The quantitative estimate of drug-likeness (QED) is 0.322. The summed E-state index contributed by atoms with van der Waals surface area (Å²) in [6, 6.07) is 6.10. The van der Waals surface area contributed by atoms with E-state index in [0.29, 0.717) is 18.8 Å². The fourth-order valence-electron chi connectivity index (χ4n) is 3.46. The Kier molecular flexibility index (Phi) is 11.6. The second-order valence-electron chi connectivity index (χ2n) is 8.12. The van der Waals surface area contributed by atoms with Gasteiger partial charge in [0.05, 0.1) is 13.2 Å². The molecule has 6 heteroatoms. The van der Waals surface area contributed by atoms with Gasteiger partial charge in [0.2, 0.25) is 5.95 Å². The number of rotatable bonds is 16. The molecule has 6 nitrogen and oxygen atoms in total. The van der Waals surface area contributed by atoms with Gasteiger partial charge in [-0.05, 0) is 30.5 Å². The summed E-state index contributed by atoms with van der Waals surface area (Å²) in [4.78, 5) is 8.11. The number of nitrogens with zero attached hydrogens (tertiary/aromatic N) is 2. The number of benzene rings is 1. The normalized spacial score (nSPS) is 10.9.